The molecule has 1 aliphatic heterocycles. The zero-order valence-electron chi connectivity index (χ0n) is 12.3. The van der Waals surface area contributed by atoms with Gasteiger partial charge in [-0.1, -0.05) is 12.5 Å². The summed E-state index contributed by atoms with van der Waals surface area (Å²) in [5.41, 5.74) is 1.74. The molecule has 20 heavy (non-hydrogen) atoms. The molecule has 0 amide bonds. The summed E-state index contributed by atoms with van der Waals surface area (Å²) >= 11 is 0. The van der Waals surface area contributed by atoms with Gasteiger partial charge in [0.1, 0.15) is 5.82 Å². The minimum atomic E-state index is -0.178. The van der Waals surface area contributed by atoms with Crippen LogP contribution in [0.3, 0.4) is 0 Å². The SMILES string of the molecule is CNCc1ccc(F)c(COCCN2CCCCC2)c1. The maximum absolute atomic E-state index is 13.7. The highest BCUT2D eigenvalue weighted by Gasteiger charge is 2.09. The van der Waals surface area contributed by atoms with E-state index in [-0.39, 0.29) is 5.82 Å². The predicted octanol–water partition coefficient (Wildman–Crippen LogP) is 2.55. The van der Waals surface area contributed by atoms with Crippen molar-refractivity contribution < 1.29 is 9.13 Å². The normalized spacial score (nSPS) is 16.5. The van der Waals surface area contributed by atoms with E-state index in [0.29, 0.717) is 18.8 Å². The number of likely N-dealkylation sites (tertiary alicyclic amines) is 1. The largest absolute Gasteiger partial charge is 0.375 e. The van der Waals surface area contributed by atoms with Crippen LogP contribution in [0.1, 0.15) is 30.4 Å². The van der Waals surface area contributed by atoms with Gasteiger partial charge in [-0.2, -0.15) is 0 Å². The van der Waals surface area contributed by atoms with E-state index < -0.39 is 0 Å². The van der Waals surface area contributed by atoms with Crippen LogP contribution in [0.5, 0.6) is 0 Å². The van der Waals surface area contributed by atoms with Crippen LogP contribution in [0, 0.1) is 5.82 Å². The Balaban J connectivity index is 1.73. The molecule has 0 atom stereocenters. The first kappa shape index (κ1) is 15.4. The molecule has 0 aliphatic carbocycles. The predicted molar refractivity (Wildman–Crippen MR) is 79.1 cm³/mol. The number of halogens is 1. The lowest BCUT2D eigenvalue weighted by Crippen LogP contribution is -2.32. The molecule has 0 bridgehead atoms. The van der Waals surface area contributed by atoms with E-state index in [0.717, 1.165) is 18.7 Å². The monoisotopic (exact) mass is 280 g/mol. The van der Waals surface area contributed by atoms with Gasteiger partial charge in [0.25, 0.3) is 0 Å². The van der Waals surface area contributed by atoms with Gasteiger partial charge in [0.2, 0.25) is 0 Å². The Labute approximate surface area is 121 Å². The lowest BCUT2D eigenvalue weighted by molar-refractivity contribution is 0.0847. The Morgan fingerprint density at radius 3 is 2.80 bits per heavy atom. The topological polar surface area (TPSA) is 24.5 Å². The highest BCUT2D eigenvalue weighted by Crippen LogP contribution is 2.12. The van der Waals surface area contributed by atoms with Gasteiger partial charge in [-0.05, 0) is 50.7 Å². The number of ether oxygens (including phenoxy) is 1. The molecule has 3 nitrogen and oxygen atoms in total. The molecule has 0 spiro atoms. The van der Waals surface area contributed by atoms with Crippen molar-refractivity contribution in [3.05, 3.63) is 35.1 Å². The first-order valence-corrected chi connectivity index (χ1v) is 7.51. The average molecular weight is 280 g/mol. The first-order valence-electron chi connectivity index (χ1n) is 7.51. The fraction of sp³-hybridized carbons (Fsp3) is 0.625. The summed E-state index contributed by atoms with van der Waals surface area (Å²) in [6, 6.07) is 5.21. The van der Waals surface area contributed by atoms with Crippen LogP contribution < -0.4 is 5.32 Å². The van der Waals surface area contributed by atoms with Crippen molar-refractivity contribution >= 4 is 0 Å². The second kappa shape index (κ2) is 8.35. The van der Waals surface area contributed by atoms with Gasteiger partial charge in [0, 0.05) is 18.7 Å². The second-order valence-corrected chi connectivity index (χ2v) is 5.41. The molecule has 1 aromatic rings. The van der Waals surface area contributed by atoms with Crippen LogP contribution in [-0.2, 0) is 17.9 Å². The number of hydrogen-bond donors (Lipinski definition) is 1. The molecule has 112 valence electrons. The van der Waals surface area contributed by atoms with Crippen LogP contribution in [0.2, 0.25) is 0 Å². The smallest absolute Gasteiger partial charge is 0.128 e. The molecule has 0 saturated carbocycles. The summed E-state index contributed by atoms with van der Waals surface area (Å²) in [4.78, 5) is 2.43. The van der Waals surface area contributed by atoms with Crippen LogP contribution in [0.25, 0.3) is 0 Å². The molecule has 1 heterocycles. The van der Waals surface area contributed by atoms with E-state index in [9.17, 15) is 4.39 Å². The van der Waals surface area contributed by atoms with E-state index in [1.807, 2.05) is 19.2 Å². The lowest BCUT2D eigenvalue weighted by atomic mass is 10.1. The summed E-state index contributed by atoms with van der Waals surface area (Å²) in [6.07, 6.45) is 3.93. The Hall–Kier alpha value is -0.970. The number of hydrogen-bond acceptors (Lipinski definition) is 3. The number of nitrogens with one attached hydrogen (secondary N) is 1. The van der Waals surface area contributed by atoms with Crippen LogP contribution >= 0.6 is 0 Å². The fourth-order valence-corrected chi connectivity index (χ4v) is 2.61. The minimum Gasteiger partial charge on any atom is -0.375 e. The van der Waals surface area contributed by atoms with Crippen molar-refractivity contribution in [2.75, 3.05) is 33.3 Å². The maximum Gasteiger partial charge on any atom is 0.128 e. The minimum absolute atomic E-state index is 0.178. The molecule has 1 aromatic carbocycles. The molecule has 1 aliphatic rings. The fourth-order valence-electron chi connectivity index (χ4n) is 2.61. The van der Waals surface area contributed by atoms with E-state index in [4.69, 9.17) is 4.74 Å². The number of piperidine rings is 1. The lowest BCUT2D eigenvalue weighted by Gasteiger charge is -2.26. The third-order valence-corrected chi connectivity index (χ3v) is 3.75. The Morgan fingerprint density at radius 1 is 1.25 bits per heavy atom. The maximum atomic E-state index is 13.7. The molecule has 1 N–H and O–H groups in total. The van der Waals surface area contributed by atoms with E-state index in [2.05, 4.69) is 10.2 Å². The number of nitrogens with zero attached hydrogens (tertiary/aromatic N) is 1. The summed E-state index contributed by atoms with van der Waals surface area (Å²) in [5, 5.41) is 3.07. The molecule has 2 rings (SSSR count). The molecular weight excluding hydrogens is 255 g/mol. The van der Waals surface area contributed by atoms with E-state index in [1.165, 1.54) is 38.4 Å². The van der Waals surface area contributed by atoms with Crippen molar-refractivity contribution in [1.29, 1.82) is 0 Å². The van der Waals surface area contributed by atoms with Gasteiger partial charge in [0.05, 0.1) is 13.2 Å². The third-order valence-electron chi connectivity index (χ3n) is 3.75. The third kappa shape index (κ3) is 4.85. The van der Waals surface area contributed by atoms with Crippen LogP contribution in [0.15, 0.2) is 18.2 Å². The molecule has 1 saturated heterocycles. The molecule has 0 aromatic heterocycles. The summed E-state index contributed by atoms with van der Waals surface area (Å²) in [7, 11) is 1.89. The molecule has 1 fully saturated rings. The second-order valence-electron chi connectivity index (χ2n) is 5.41. The van der Waals surface area contributed by atoms with Gasteiger partial charge in [-0.15, -0.1) is 0 Å². The quantitative estimate of drug-likeness (QED) is 0.777. The van der Waals surface area contributed by atoms with Crippen LogP contribution in [-0.4, -0.2) is 38.2 Å². The standard InChI is InChI=1S/C16H25FN2O/c1-18-12-14-5-6-16(17)15(11-14)13-20-10-9-19-7-3-2-4-8-19/h5-6,11,18H,2-4,7-10,12-13H2,1H3. The van der Waals surface area contributed by atoms with Crippen molar-refractivity contribution in [3.63, 3.8) is 0 Å². The van der Waals surface area contributed by atoms with E-state index >= 15 is 0 Å². The highest BCUT2D eigenvalue weighted by atomic mass is 19.1. The molecule has 4 heteroatoms. The van der Waals surface area contributed by atoms with Crippen molar-refractivity contribution in [3.8, 4) is 0 Å². The average Bonchev–Trinajstić information content (AvgIpc) is 2.48. The van der Waals surface area contributed by atoms with Crippen molar-refractivity contribution in [1.82, 2.24) is 10.2 Å². The molecule has 0 unspecified atom stereocenters. The molecular formula is C16H25FN2O. The Bertz CT molecular complexity index is 405. The van der Waals surface area contributed by atoms with Gasteiger partial charge in [0.15, 0.2) is 0 Å². The summed E-state index contributed by atoms with van der Waals surface area (Å²) in [6.45, 7) is 5.09. The van der Waals surface area contributed by atoms with Gasteiger partial charge in [-0.25, -0.2) is 4.39 Å². The van der Waals surface area contributed by atoms with Crippen molar-refractivity contribution in [2.24, 2.45) is 0 Å². The highest BCUT2D eigenvalue weighted by molar-refractivity contribution is 5.24. The molecule has 0 radical (unpaired) electrons. The Morgan fingerprint density at radius 2 is 2.05 bits per heavy atom. The first-order chi connectivity index (χ1) is 9.79. The van der Waals surface area contributed by atoms with Gasteiger partial charge >= 0.3 is 0 Å². The van der Waals surface area contributed by atoms with Crippen LogP contribution in [0.4, 0.5) is 4.39 Å². The number of rotatable bonds is 7. The van der Waals surface area contributed by atoms with Gasteiger partial charge < -0.3 is 15.0 Å². The van der Waals surface area contributed by atoms with Gasteiger partial charge in [-0.3, -0.25) is 0 Å². The number of benzene rings is 1. The van der Waals surface area contributed by atoms with Crippen molar-refractivity contribution in [2.45, 2.75) is 32.4 Å². The summed E-state index contributed by atoms with van der Waals surface area (Å²) < 4.78 is 19.3. The van der Waals surface area contributed by atoms with E-state index in [1.54, 1.807) is 0 Å². The Kier molecular flexibility index (Phi) is 6.43. The zero-order chi connectivity index (χ0) is 14.2. The zero-order valence-corrected chi connectivity index (χ0v) is 12.3. The summed E-state index contributed by atoms with van der Waals surface area (Å²) in [5.74, 6) is -0.178.